The van der Waals surface area contributed by atoms with Gasteiger partial charge in [0.15, 0.2) is 0 Å². The normalized spacial score (nSPS) is 11.9. The van der Waals surface area contributed by atoms with E-state index < -0.39 is 10.1 Å². The van der Waals surface area contributed by atoms with E-state index in [4.69, 9.17) is 23.9 Å². The molecule has 0 aliphatic rings. The third-order valence-corrected chi connectivity index (χ3v) is 2.73. The smallest absolute Gasteiger partial charge is 0.264 e. The molecule has 0 aromatic carbocycles. The van der Waals surface area contributed by atoms with Crippen molar-refractivity contribution in [3.8, 4) is 0 Å². The van der Waals surface area contributed by atoms with Crippen LogP contribution in [-0.4, -0.2) is 70.1 Å². The summed E-state index contributed by atoms with van der Waals surface area (Å²) in [5, 5.41) is 8.42. The standard InChI is InChI=1S/C10H22O7S/c11-3-5-16-7-9-17-8-6-15-4-1-2-10-18(12,13)14/h11H,1-10H2,(H,12,13,14). The Balaban J connectivity index is 3.03. The Labute approximate surface area is 108 Å². The highest BCUT2D eigenvalue weighted by molar-refractivity contribution is 7.85. The molecule has 0 heterocycles. The van der Waals surface area contributed by atoms with E-state index in [1.54, 1.807) is 0 Å². The summed E-state index contributed by atoms with van der Waals surface area (Å²) in [7, 11) is -3.85. The highest BCUT2D eigenvalue weighted by Crippen LogP contribution is 1.94. The Morgan fingerprint density at radius 1 is 0.778 bits per heavy atom. The summed E-state index contributed by atoms with van der Waals surface area (Å²) in [5.41, 5.74) is 0. The van der Waals surface area contributed by atoms with Crippen LogP contribution in [-0.2, 0) is 24.3 Å². The van der Waals surface area contributed by atoms with Crippen molar-refractivity contribution in [1.82, 2.24) is 0 Å². The summed E-state index contributed by atoms with van der Waals surface area (Å²) in [6, 6.07) is 0. The molecule has 0 aliphatic carbocycles. The van der Waals surface area contributed by atoms with Gasteiger partial charge in [0.25, 0.3) is 10.1 Å². The van der Waals surface area contributed by atoms with Gasteiger partial charge in [0.2, 0.25) is 0 Å². The number of hydrogen-bond donors (Lipinski definition) is 2. The van der Waals surface area contributed by atoms with Crippen molar-refractivity contribution in [2.24, 2.45) is 0 Å². The van der Waals surface area contributed by atoms with E-state index >= 15 is 0 Å². The van der Waals surface area contributed by atoms with Gasteiger partial charge in [-0.3, -0.25) is 4.55 Å². The van der Waals surface area contributed by atoms with Crippen LogP contribution in [0.4, 0.5) is 0 Å². The van der Waals surface area contributed by atoms with Gasteiger partial charge in [0.05, 0.1) is 45.4 Å². The molecule has 0 bridgehead atoms. The third-order valence-electron chi connectivity index (χ3n) is 1.92. The van der Waals surface area contributed by atoms with Crippen molar-refractivity contribution in [2.45, 2.75) is 12.8 Å². The molecule has 0 fully saturated rings. The lowest BCUT2D eigenvalue weighted by atomic mass is 10.4. The topological polar surface area (TPSA) is 102 Å². The van der Waals surface area contributed by atoms with Crippen LogP contribution in [0.5, 0.6) is 0 Å². The Morgan fingerprint density at radius 3 is 1.78 bits per heavy atom. The SMILES string of the molecule is O=S(=O)(O)CCCCOCCOCCOCCO. The molecule has 2 N–H and O–H groups in total. The van der Waals surface area contributed by atoms with Gasteiger partial charge in [-0.05, 0) is 12.8 Å². The number of ether oxygens (including phenoxy) is 3. The molecule has 0 radical (unpaired) electrons. The van der Waals surface area contributed by atoms with Crippen LogP contribution in [0.3, 0.4) is 0 Å². The highest BCUT2D eigenvalue weighted by atomic mass is 32.2. The second-order valence-corrected chi connectivity index (χ2v) is 5.13. The Bertz CT molecular complexity index is 265. The molecule has 7 nitrogen and oxygen atoms in total. The van der Waals surface area contributed by atoms with E-state index in [1.165, 1.54) is 0 Å². The third kappa shape index (κ3) is 15.8. The lowest BCUT2D eigenvalue weighted by molar-refractivity contribution is 0.00736. The molecule has 0 saturated heterocycles. The van der Waals surface area contributed by atoms with Crippen molar-refractivity contribution in [2.75, 3.05) is 52.0 Å². The Morgan fingerprint density at radius 2 is 1.28 bits per heavy atom. The van der Waals surface area contributed by atoms with Gasteiger partial charge in [-0.2, -0.15) is 8.42 Å². The lowest BCUT2D eigenvalue weighted by Gasteiger charge is -2.06. The summed E-state index contributed by atoms with van der Waals surface area (Å²) >= 11 is 0. The van der Waals surface area contributed by atoms with Gasteiger partial charge >= 0.3 is 0 Å². The maximum Gasteiger partial charge on any atom is 0.264 e. The van der Waals surface area contributed by atoms with Gasteiger partial charge in [0, 0.05) is 6.61 Å². The maximum absolute atomic E-state index is 10.4. The molecule has 0 spiro atoms. The van der Waals surface area contributed by atoms with Gasteiger partial charge in [-0.15, -0.1) is 0 Å². The van der Waals surface area contributed by atoms with Crippen molar-refractivity contribution in [1.29, 1.82) is 0 Å². The molecule has 0 amide bonds. The minimum absolute atomic E-state index is 0.00662. The number of hydrogen-bond acceptors (Lipinski definition) is 6. The number of aliphatic hydroxyl groups excluding tert-OH is 1. The second kappa shape index (κ2) is 11.8. The van der Waals surface area contributed by atoms with Gasteiger partial charge in [0.1, 0.15) is 0 Å². The fraction of sp³-hybridized carbons (Fsp3) is 1.00. The zero-order valence-electron chi connectivity index (χ0n) is 10.4. The maximum atomic E-state index is 10.4. The van der Waals surface area contributed by atoms with Crippen molar-refractivity contribution in [3.63, 3.8) is 0 Å². The first-order valence-electron chi connectivity index (χ1n) is 5.85. The molecule has 0 aromatic rings. The molecule has 0 unspecified atom stereocenters. The molecular formula is C10H22O7S. The highest BCUT2D eigenvalue weighted by Gasteiger charge is 2.02. The molecular weight excluding hydrogens is 264 g/mol. The summed E-state index contributed by atoms with van der Waals surface area (Å²) in [6.45, 7) is 2.54. The molecule has 110 valence electrons. The van der Waals surface area contributed by atoms with Crippen molar-refractivity contribution < 1.29 is 32.3 Å². The fourth-order valence-corrected chi connectivity index (χ4v) is 1.66. The minimum Gasteiger partial charge on any atom is -0.394 e. The van der Waals surface area contributed by atoms with Crippen LogP contribution in [0.25, 0.3) is 0 Å². The molecule has 8 heteroatoms. The fourth-order valence-electron chi connectivity index (χ4n) is 1.10. The Kier molecular flexibility index (Phi) is 11.7. The quantitative estimate of drug-likeness (QED) is 0.354. The second-order valence-electron chi connectivity index (χ2n) is 3.55. The summed E-state index contributed by atoms with van der Waals surface area (Å²) in [6.07, 6.45) is 0.966. The number of aliphatic hydroxyl groups is 1. The first kappa shape index (κ1) is 17.8. The molecule has 0 aromatic heterocycles. The van der Waals surface area contributed by atoms with E-state index in [0.717, 1.165) is 0 Å². The zero-order valence-corrected chi connectivity index (χ0v) is 11.2. The monoisotopic (exact) mass is 286 g/mol. The van der Waals surface area contributed by atoms with Crippen LogP contribution >= 0.6 is 0 Å². The Hall–Kier alpha value is -0.250. The largest absolute Gasteiger partial charge is 0.394 e. The van der Waals surface area contributed by atoms with Crippen LogP contribution in [0.1, 0.15) is 12.8 Å². The number of unbranched alkanes of at least 4 members (excludes halogenated alkanes) is 1. The van der Waals surface area contributed by atoms with E-state index in [1.807, 2.05) is 0 Å². The van der Waals surface area contributed by atoms with Gasteiger partial charge in [-0.25, -0.2) is 0 Å². The molecule has 18 heavy (non-hydrogen) atoms. The predicted molar refractivity (Wildman–Crippen MR) is 65.2 cm³/mol. The molecule has 0 aliphatic heterocycles. The number of rotatable bonds is 13. The summed E-state index contributed by atoms with van der Waals surface area (Å²) in [5.74, 6) is -0.227. The average molecular weight is 286 g/mol. The van der Waals surface area contributed by atoms with E-state index in [0.29, 0.717) is 52.5 Å². The lowest BCUT2D eigenvalue weighted by Crippen LogP contribution is -2.11. The average Bonchev–Trinajstić information content (AvgIpc) is 2.29. The van der Waals surface area contributed by atoms with E-state index in [9.17, 15) is 8.42 Å². The minimum atomic E-state index is -3.85. The summed E-state index contributed by atoms with van der Waals surface area (Å²) < 4.78 is 44.6. The molecule has 0 saturated carbocycles. The van der Waals surface area contributed by atoms with Crippen LogP contribution in [0.15, 0.2) is 0 Å². The van der Waals surface area contributed by atoms with Crippen LogP contribution in [0, 0.1) is 0 Å². The molecule has 0 rings (SSSR count). The van der Waals surface area contributed by atoms with Crippen LogP contribution in [0.2, 0.25) is 0 Å². The van der Waals surface area contributed by atoms with Gasteiger partial charge in [-0.1, -0.05) is 0 Å². The van der Waals surface area contributed by atoms with Gasteiger partial charge < -0.3 is 19.3 Å². The summed E-state index contributed by atoms with van der Waals surface area (Å²) in [4.78, 5) is 0. The zero-order chi connectivity index (χ0) is 13.7. The van der Waals surface area contributed by atoms with Crippen LogP contribution < -0.4 is 0 Å². The molecule has 0 atom stereocenters. The van der Waals surface area contributed by atoms with E-state index in [2.05, 4.69) is 0 Å². The first-order valence-corrected chi connectivity index (χ1v) is 7.46. The first-order chi connectivity index (χ1) is 8.56. The van der Waals surface area contributed by atoms with Crippen molar-refractivity contribution in [3.05, 3.63) is 0 Å². The van der Waals surface area contributed by atoms with Crippen molar-refractivity contribution >= 4 is 10.1 Å². The predicted octanol–water partition coefficient (Wildman–Crippen LogP) is -0.303. The van der Waals surface area contributed by atoms with E-state index in [-0.39, 0.29) is 12.4 Å².